The van der Waals surface area contributed by atoms with Gasteiger partial charge in [0.15, 0.2) is 9.84 Å². The van der Waals surface area contributed by atoms with E-state index in [0.29, 0.717) is 4.21 Å². The van der Waals surface area contributed by atoms with Gasteiger partial charge in [0, 0.05) is 4.88 Å². The molecule has 2 aromatic carbocycles. The Morgan fingerprint density at radius 1 is 0.931 bits per heavy atom. The maximum absolute atomic E-state index is 13.0. The molecule has 0 aliphatic heterocycles. The van der Waals surface area contributed by atoms with Gasteiger partial charge in [0.25, 0.3) is 0 Å². The topological polar surface area (TPSA) is 43.4 Å². The van der Waals surface area contributed by atoms with E-state index < -0.39 is 9.84 Å². The molecule has 1 aliphatic carbocycles. The Hall–Kier alpha value is -2.11. The lowest BCUT2D eigenvalue weighted by atomic mass is 10.0. The molecule has 1 saturated carbocycles. The first-order valence-electron chi connectivity index (χ1n) is 10.1. The molecule has 1 fully saturated rings. The maximum Gasteiger partial charge on any atom is 0.190 e. The van der Waals surface area contributed by atoms with E-state index in [4.69, 9.17) is 4.74 Å². The first-order valence-corrected chi connectivity index (χ1v) is 12.5. The fraction of sp³-hybridized carbons (Fsp3) is 0.333. The van der Waals surface area contributed by atoms with Gasteiger partial charge in [-0.1, -0.05) is 55.7 Å². The van der Waals surface area contributed by atoms with Gasteiger partial charge in [-0.25, -0.2) is 8.42 Å². The molecular formula is C24H26O3S2. The smallest absolute Gasteiger partial charge is 0.190 e. The Morgan fingerprint density at radius 3 is 2.41 bits per heavy atom. The number of rotatable bonds is 6. The molecule has 0 radical (unpaired) electrons. The Balaban J connectivity index is 1.56. The van der Waals surface area contributed by atoms with E-state index in [9.17, 15) is 8.42 Å². The molecule has 152 valence electrons. The highest BCUT2D eigenvalue weighted by molar-refractivity contribution is 7.94. The first-order chi connectivity index (χ1) is 14.1. The van der Waals surface area contributed by atoms with Crippen molar-refractivity contribution >= 4 is 21.2 Å². The summed E-state index contributed by atoms with van der Waals surface area (Å²) in [5.41, 5.74) is 3.45. The molecule has 3 aromatic rings. The summed E-state index contributed by atoms with van der Waals surface area (Å²) in [6.45, 7) is 0. The van der Waals surface area contributed by atoms with Gasteiger partial charge in [-0.2, -0.15) is 0 Å². The van der Waals surface area contributed by atoms with Gasteiger partial charge in [0.05, 0.1) is 12.4 Å². The molecule has 0 atom stereocenters. The third-order valence-electron chi connectivity index (χ3n) is 5.61. The van der Waals surface area contributed by atoms with Gasteiger partial charge in [-0.15, -0.1) is 11.3 Å². The summed E-state index contributed by atoms with van der Waals surface area (Å²) in [5, 5.41) is -0.206. The van der Waals surface area contributed by atoms with Gasteiger partial charge >= 0.3 is 0 Å². The maximum atomic E-state index is 13.0. The molecule has 4 rings (SSSR count). The minimum absolute atomic E-state index is 0.206. The average Bonchev–Trinajstić information content (AvgIpc) is 3.26. The fourth-order valence-electron chi connectivity index (χ4n) is 4.02. The highest BCUT2D eigenvalue weighted by Crippen LogP contribution is 2.36. The molecule has 0 bridgehead atoms. The number of hydrogen-bond donors (Lipinski definition) is 0. The van der Waals surface area contributed by atoms with Crippen molar-refractivity contribution in [1.29, 1.82) is 0 Å². The predicted octanol–water partition coefficient (Wildman–Crippen LogP) is 6.12. The summed E-state index contributed by atoms with van der Waals surface area (Å²) in [7, 11) is -1.53. The second-order valence-electron chi connectivity index (χ2n) is 7.65. The van der Waals surface area contributed by atoms with Crippen LogP contribution < -0.4 is 4.74 Å². The van der Waals surface area contributed by atoms with Crippen LogP contribution >= 0.6 is 11.3 Å². The second kappa shape index (κ2) is 8.72. The number of hydrogen-bond acceptors (Lipinski definition) is 4. The van der Waals surface area contributed by atoms with Crippen LogP contribution in [-0.4, -0.2) is 20.8 Å². The van der Waals surface area contributed by atoms with Gasteiger partial charge in [0.2, 0.25) is 0 Å². The quantitative estimate of drug-likeness (QED) is 0.477. The standard InChI is InChI=1S/C24H26O3S2/c1-27-21-10-6-8-19(17-21)15-18-7-5-9-20(16-18)23-13-14-24(28-23)29(25,26)22-11-3-2-4-12-22/h5-10,13-14,16-17,22H,2-4,11-12,15H2,1H3. The third-order valence-corrected chi connectivity index (χ3v) is 9.53. The number of methoxy groups -OCH3 is 1. The van der Waals surface area contributed by atoms with Crippen LogP contribution in [0.5, 0.6) is 5.75 Å². The van der Waals surface area contributed by atoms with Crippen LogP contribution in [0.1, 0.15) is 43.2 Å². The van der Waals surface area contributed by atoms with Crippen molar-refractivity contribution in [2.75, 3.05) is 7.11 Å². The second-order valence-corrected chi connectivity index (χ2v) is 11.2. The average molecular weight is 427 g/mol. The zero-order valence-corrected chi connectivity index (χ0v) is 18.3. The van der Waals surface area contributed by atoms with Crippen molar-refractivity contribution in [3.05, 3.63) is 71.8 Å². The molecule has 0 saturated heterocycles. The van der Waals surface area contributed by atoms with Crippen LogP contribution in [0.25, 0.3) is 10.4 Å². The number of sulfone groups is 1. The van der Waals surface area contributed by atoms with Crippen molar-refractivity contribution in [2.24, 2.45) is 0 Å². The summed E-state index contributed by atoms with van der Waals surface area (Å²) in [6.07, 6.45) is 5.60. The monoisotopic (exact) mass is 426 g/mol. The predicted molar refractivity (Wildman–Crippen MR) is 120 cm³/mol. The van der Waals surface area contributed by atoms with Crippen LogP contribution in [0.3, 0.4) is 0 Å². The molecule has 3 nitrogen and oxygen atoms in total. The highest BCUT2D eigenvalue weighted by Gasteiger charge is 2.30. The van der Waals surface area contributed by atoms with Crippen molar-refractivity contribution in [3.63, 3.8) is 0 Å². The lowest BCUT2D eigenvalue weighted by Crippen LogP contribution is -2.23. The Bertz CT molecular complexity index is 1080. The van der Waals surface area contributed by atoms with Crippen LogP contribution in [0.2, 0.25) is 0 Å². The van der Waals surface area contributed by atoms with E-state index in [1.54, 1.807) is 13.2 Å². The third kappa shape index (κ3) is 4.57. The van der Waals surface area contributed by atoms with Crippen molar-refractivity contribution in [3.8, 4) is 16.2 Å². The number of thiophene rings is 1. The molecule has 0 N–H and O–H groups in total. The molecule has 29 heavy (non-hydrogen) atoms. The van der Waals surface area contributed by atoms with Gasteiger partial charge < -0.3 is 4.74 Å². The fourth-order valence-corrected chi connectivity index (χ4v) is 7.44. The molecule has 1 heterocycles. The highest BCUT2D eigenvalue weighted by atomic mass is 32.2. The summed E-state index contributed by atoms with van der Waals surface area (Å²) in [6, 6.07) is 20.2. The Kier molecular flexibility index (Phi) is 6.07. The van der Waals surface area contributed by atoms with Crippen molar-refractivity contribution in [1.82, 2.24) is 0 Å². The van der Waals surface area contributed by atoms with Gasteiger partial charge in [-0.05, 0) is 60.2 Å². The van der Waals surface area contributed by atoms with Crippen molar-refractivity contribution < 1.29 is 13.2 Å². The molecule has 1 aromatic heterocycles. The largest absolute Gasteiger partial charge is 0.497 e. The van der Waals surface area contributed by atoms with Crippen LogP contribution in [-0.2, 0) is 16.3 Å². The first kappa shape index (κ1) is 20.2. The SMILES string of the molecule is COc1cccc(Cc2cccc(-c3ccc(S(=O)(=O)C4CCCCC4)s3)c2)c1. The van der Waals surface area contributed by atoms with Crippen LogP contribution in [0, 0.1) is 0 Å². The summed E-state index contributed by atoms with van der Waals surface area (Å²) in [5.74, 6) is 0.856. The molecule has 0 spiro atoms. The molecule has 5 heteroatoms. The summed E-state index contributed by atoms with van der Waals surface area (Å²) in [4.78, 5) is 1.01. The molecule has 1 aliphatic rings. The van der Waals surface area contributed by atoms with E-state index in [2.05, 4.69) is 24.3 Å². The zero-order valence-electron chi connectivity index (χ0n) is 16.6. The molecular weight excluding hydrogens is 400 g/mol. The van der Waals surface area contributed by atoms with Crippen LogP contribution in [0.4, 0.5) is 0 Å². The van der Waals surface area contributed by atoms with E-state index >= 15 is 0 Å². The minimum atomic E-state index is -3.21. The van der Waals surface area contributed by atoms with E-state index in [0.717, 1.165) is 54.7 Å². The van der Waals surface area contributed by atoms with E-state index in [-0.39, 0.29) is 5.25 Å². The minimum Gasteiger partial charge on any atom is -0.497 e. The van der Waals surface area contributed by atoms with Gasteiger partial charge in [0.1, 0.15) is 9.96 Å². The molecule has 0 unspecified atom stereocenters. The van der Waals surface area contributed by atoms with E-state index in [1.165, 1.54) is 22.5 Å². The Labute approximate surface area is 177 Å². The lowest BCUT2D eigenvalue weighted by Gasteiger charge is -2.20. The number of ether oxygens (including phenoxy) is 1. The Morgan fingerprint density at radius 2 is 1.66 bits per heavy atom. The van der Waals surface area contributed by atoms with Crippen LogP contribution in [0.15, 0.2) is 64.9 Å². The number of benzene rings is 2. The normalized spacial score (nSPS) is 15.3. The summed E-state index contributed by atoms with van der Waals surface area (Å²) >= 11 is 1.40. The summed E-state index contributed by atoms with van der Waals surface area (Å²) < 4.78 is 31.8. The molecule has 0 amide bonds. The lowest BCUT2D eigenvalue weighted by molar-refractivity contribution is 0.414. The van der Waals surface area contributed by atoms with E-state index in [1.807, 2.05) is 30.3 Å². The van der Waals surface area contributed by atoms with Crippen molar-refractivity contribution in [2.45, 2.75) is 48.0 Å². The zero-order chi connectivity index (χ0) is 20.3. The van der Waals surface area contributed by atoms with Gasteiger partial charge in [-0.3, -0.25) is 0 Å².